The Balaban J connectivity index is 1.59. The van der Waals surface area contributed by atoms with E-state index in [1.165, 1.54) is 30.3 Å². The van der Waals surface area contributed by atoms with E-state index in [0.717, 1.165) is 5.56 Å². The number of hydrogen-bond acceptors (Lipinski definition) is 4. The molecule has 0 aliphatic carbocycles. The highest BCUT2D eigenvalue weighted by atomic mass is 19.1. The molecule has 0 unspecified atom stereocenters. The molecule has 0 bridgehead atoms. The third-order valence-corrected chi connectivity index (χ3v) is 4.31. The number of nitrogens with one attached hydrogen (secondary N) is 2. The number of amides is 2. The van der Waals surface area contributed by atoms with Gasteiger partial charge in [0.1, 0.15) is 17.7 Å². The lowest BCUT2D eigenvalue weighted by Crippen LogP contribution is -2.29. The Hall–Kier alpha value is -3.13. The molecule has 2 aromatic rings. The molecule has 7 nitrogen and oxygen atoms in total. The maximum absolute atomic E-state index is 13.6. The van der Waals surface area contributed by atoms with Crippen LogP contribution < -0.4 is 15.4 Å². The van der Waals surface area contributed by atoms with E-state index >= 15 is 0 Å². The van der Waals surface area contributed by atoms with Gasteiger partial charge in [0, 0.05) is 25.5 Å². The number of benzene rings is 2. The number of aromatic carboxylic acids is 1. The van der Waals surface area contributed by atoms with Crippen LogP contribution in [0, 0.1) is 5.82 Å². The molecule has 3 rings (SSSR count). The number of carboxylic acids is 1. The second kappa shape index (κ2) is 9.18. The lowest BCUT2D eigenvalue weighted by molar-refractivity contribution is 0.0257. The van der Waals surface area contributed by atoms with Gasteiger partial charge in [-0.2, -0.15) is 0 Å². The van der Waals surface area contributed by atoms with Gasteiger partial charge in [0.05, 0.1) is 24.5 Å². The normalized spacial score (nSPS) is 14.3. The molecule has 1 saturated heterocycles. The second-order valence-corrected chi connectivity index (χ2v) is 6.38. The Bertz CT molecular complexity index is 835. The first-order valence-corrected chi connectivity index (χ1v) is 8.92. The van der Waals surface area contributed by atoms with Crippen molar-refractivity contribution in [2.24, 2.45) is 0 Å². The molecule has 3 N–H and O–H groups in total. The summed E-state index contributed by atoms with van der Waals surface area (Å²) in [6.07, 6.45) is 1.31. The zero-order valence-electron chi connectivity index (χ0n) is 15.1. The predicted molar refractivity (Wildman–Crippen MR) is 100 cm³/mol. The summed E-state index contributed by atoms with van der Waals surface area (Å²) >= 11 is 0. The van der Waals surface area contributed by atoms with Gasteiger partial charge in [0.2, 0.25) is 0 Å². The molecule has 0 spiro atoms. The van der Waals surface area contributed by atoms with Crippen LogP contribution in [0.15, 0.2) is 42.5 Å². The summed E-state index contributed by atoms with van der Waals surface area (Å²) < 4.78 is 24.8. The van der Waals surface area contributed by atoms with Crippen molar-refractivity contribution in [1.29, 1.82) is 0 Å². The van der Waals surface area contributed by atoms with E-state index < -0.39 is 17.8 Å². The number of anilines is 1. The smallest absolute Gasteiger partial charge is 0.335 e. The average Bonchev–Trinajstić information content (AvgIpc) is 2.69. The molecule has 28 heavy (non-hydrogen) atoms. The molecular formula is C20H21FN2O5. The quantitative estimate of drug-likeness (QED) is 0.705. The van der Waals surface area contributed by atoms with E-state index in [1.54, 1.807) is 12.1 Å². The summed E-state index contributed by atoms with van der Waals surface area (Å²) in [6.45, 7) is 1.39. The molecule has 0 saturated carbocycles. The molecule has 2 aromatic carbocycles. The topological polar surface area (TPSA) is 96.9 Å². The lowest BCUT2D eigenvalue weighted by atomic mass is 10.1. The monoisotopic (exact) mass is 388 g/mol. The van der Waals surface area contributed by atoms with Gasteiger partial charge in [-0.3, -0.25) is 0 Å². The van der Waals surface area contributed by atoms with Crippen LogP contribution in [0.1, 0.15) is 28.8 Å². The highest BCUT2D eigenvalue weighted by Gasteiger charge is 2.18. The first-order chi connectivity index (χ1) is 13.5. The van der Waals surface area contributed by atoms with Crippen molar-refractivity contribution in [3.8, 4) is 5.75 Å². The van der Waals surface area contributed by atoms with Gasteiger partial charge >= 0.3 is 12.0 Å². The Labute approximate surface area is 161 Å². The summed E-state index contributed by atoms with van der Waals surface area (Å²) in [6, 6.07) is 9.65. The predicted octanol–water partition coefficient (Wildman–Crippen LogP) is 3.40. The number of halogens is 1. The number of ether oxygens (including phenoxy) is 2. The number of carboxylic acid groups (broad SMARTS) is 1. The van der Waals surface area contributed by atoms with Crippen molar-refractivity contribution in [3.05, 3.63) is 59.4 Å². The number of carbonyl (C=O) groups is 2. The fourth-order valence-electron chi connectivity index (χ4n) is 2.78. The summed E-state index contributed by atoms with van der Waals surface area (Å²) in [5, 5.41) is 14.2. The van der Waals surface area contributed by atoms with Crippen molar-refractivity contribution >= 4 is 17.7 Å². The van der Waals surface area contributed by atoms with Crippen LogP contribution in [0.3, 0.4) is 0 Å². The molecule has 2 amide bonds. The van der Waals surface area contributed by atoms with Gasteiger partial charge in [-0.1, -0.05) is 12.1 Å². The number of hydrogen-bond donors (Lipinski definition) is 3. The molecule has 0 radical (unpaired) electrons. The minimum Gasteiger partial charge on any atom is -0.488 e. The molecule has 148 valence electrons. The first kappa shape index (κ1) is 19.6. The van der Waals surface area contributed by atoms with Crippen molar-refractivity contribution in [1.82, 2.24) is 5.32 Å². The van der Waals surface area contributed by atoms with Gasteiger partial charge < -0.3 is 25.2 Å². The van der Waals surface area contributed by atoms with Crippen molar-refractivity contribution in [3.63, 3.8) is 0 Å². The molecule has 1 heterocycles. The Morgan fingerprint density at radius 3 is 2.54 bits per heavy atom. The lowest BCUT2D eigenvalue weighted by Gasteiger charge is -2.24. The van der Waals surface area contributed by atoms with Crippen LogP contribution in [0.25, 0.3) is 0 Å². The average molecular weight is 388 g/mol. The zero-order valence-corrected chi connectivity index (χ0v) is 15.1. The first-order valence-electron chi connectivity index (χ1n) is 8.92. The van der Waals surface area contributed by atoms with Gasteiger partial charge in [-0.15, -0.1) is 0 Å². The van der Waals surface area contributed by atoms with E-state index in [0.29, 0.717) is 31.7 Å². The van der Waals surface area contributed by atoms with Gasteiger partial charge in [-0.25, -0.2) is 14.0 Å². The van der Waals surface area contributed by atoms with Crippen molar-refractivity contribution in [2.45, 2.75) is 25.5 Å². The minimum atomic E-state index is -1.01. The van der Waals surface area contributed by atoms with E-state index in [-0.39, 0.29) is 24.0 Å². The van der Waals surface area contributed by atoms with Gasteiger partial charge in [0.25, 0.3) is 0 Å². The third-order valence-electron chi connectivity index (χ3n) is 4.31. The molecule has 1 fully saturated rings. The second-order valence-electron chi connectivity index (χ2n) is 6.38. The maximum Gasteiger partial charge on any atom is 0.335 e. The summed E-state index contributed by atoms with van der Waals surface area (Å²) in [4.78, 5) is 23.1. The van der Waals surface area contributed by atoms with E-state index in [2.05, 4.69) is 10.6 Å². The van der Waals surface area contributed by atoms with Crippen LogP contribution in [0.4, 0.5) is 14.9 Å². The van der Waals surface area contributed by atoms with Gasteiger partial charge in [-0.05, 0) is 29.8 Å². The molecule has 0 aromatic heterocycles. The number of urea groups is 1. The molecule has 1 aliphatic rings. The third kappa shape index (κ3) is 5.43. The SMILES string of the molecule is O=C(NCc1ccc(C(=O)O)cc1)Nc1ccc(F)cc1OC1CCOCC1. The van der Waals surface area contributed by atoms with Crippen LogP contribution in [0.5, 0.6) is 5.75 Å². The summed E-state index contributed by atoms with van der Waals surface area (Å²) in [7, 11) is 0. The maximum atomic E-state index is 13.6. The zero-order chi connectivity index (χ0) is 19.9. The van der Waals surface area contributed by atoms with Crippen LogP contribution in [0.2, 0.25) is 0 Å². The van der Waals surface area contributed by atoms with E-state index in [4.69, 9.17) is 14.6 Å². The van der Waals surface area contributed by atoms with Crippen molar-refractivity contribution < 1.29 is 28.6 Å². The standard InChI is InChI=1S/C20H21FN2O5/c21-15-5-6-17(18(11-15)28-16-7-9-27-10-8-16)23-20(26)22-12-13-1-3-14(4-2-13)19(24)25/h1-6,11,16H,7-10,12H2,(H,24,25)(H2,22,23,26). The van der Waals surface area contributed by atoms with Crippen LogP contribution in [-0.4, -0.2) is 36.4 Å². The molecular weight excluding hydrogens is 367 g/mol. The van der Waals surface area contributed by atoms with Gasteiger partial charge in [0.15, 0.2) is 0 Å². The highest BCUT2D eigenvalue weighted by molar-refractivity contribution is 5.91. The van der Waals surface area contributed by atoms with Crippen LogP contribution >= 0.6 is 0 Å². The van der Waals surface area contributed by atoms with Crippen LogP contribution in [-0.2, 0) is 11.3 Å². The molecule has 8 heteroatoms. The highest BCUT2D eigenvalue weighted by Crippen LogP contribution is 2.28. The summed E-state index contributed by atoms with van der Waals surface area (Å²) in [5.74, 6) is -1.19. The largest absolute Gasteiger partial charge is 0.488 e. The fraction of sp³-hybridized carbons (Fsp3) is 0.300. The number of rotatable bonds is 6. The molecule has 0 atom stereocenters. The Kier molecular flexibility index (Phi) is 6.44. The van der Waals surface area contributed by atoms with E-state index in [1.807, 2.05) is 0 Å². The Morgan fingerprint density at radius 1 is 1.14 bits per heavy atom. The number of carbonyl (C=O) groups excluding carboxylic acids is 1. The summed E-state index contributed by atoms with van der Waals surface area (Å²) in [5.41, 5.74) is 1.29. The molecule has 1 aliphatic heterocycles. The van der Waals surface area contributed by atoms with E-state index in [9.17, 15) is 14.0 Å². The van der Waals surface area contributed by atoms with Crippen molar-refractivity contribution in [2.75, 3.05) is 18.5 Å². The Morgan fingerprint density at radius 2 is 1.86 bits per heavy atom. The fourth-order valence-corrected chi connectivity index (χ4v) is 2.78. The minimum absolute atomic E-state index is 0.0908.